The van der Waals surface area contributed by atoms with E-state index in [1.54, 1.807) is 0 Å². The molecule has 0 saturated carbocycles. The Labute approximate surface area is 78.3 Å². The molecule has 1 heterocycles. The summed E-state index contributed by atoms with van der Waals surface area (Å²) in [4.78, 5) is 4.18. The molecule has 1 aromatic rings. The normalized spacial score (nSPS) is 32.5. The zero-order valence-corrected chi connectivity index (χ0v) is 8.37. The maximum atomic E-state index is 6.14. The van der Waals surface area contributed by atoms with Gasteiger partial charge in [-0.2, -0.15) is 0 Å². The van der Waals surface area contributed by atoms with E-state index < -0.39 is 0 Å². The van der Waals surface area contributed by atoms with Crippen LogP contribution in [0.2, 0.25) is 0 Å². The molecule has 0 radical (unpaired) electrons. The number of hydrogen-bond acceptors (Lipinski definition) is 3. The van der Waals surface area contributed by atoms with Crippen LogP contribution in [-0.2, 0) is 6.42 Å². The third kappa shape index (κ3) is 1.03. The van der Waals surface area contributed by atoms with E-state index in [2.05, 4.69) is 25.8 Å². The van der Waals surface area contributed by atoms with Crippen LogP contribution in [0, 0.1) is 11.3 Å². The standard InChI is InChI=1S/C10H16N2O/c1-6(2)10(3)4-7-8(9(10)11)13-5-12-7/h5-6,9H,4,11H2,1-3H3/t9-,10?/m1/s1. The topological polar surface area (TPSA) is 52.0 Å². The van der Waals surface area contributed by atoms with Crippen molar-refractivity contribution in [2.45, 2.75) is 33.2 Å². The molecule has 0 aromatic carbocycles. The van der Waals surface area contributed by atoms with E-state index in [-0.39, 0.29) is 11.5 Å². The highest BCUT2D eigenvalue weighted by molar-refractivity contribution is 5.24. The van der Waals surface area contributed by atoms with E-state index in [0.717, 1.165) is 17.9 Å². The fraction of sp³-hybridized carbons (Fsp3) is 0.700. The lowest BCUT2D eigenvalue weighted by molar-refractivity contribution is 0.173. The lowest BCUT2D eigenvalue weighted by Crippen LogP contribution is -2.33. The Morgan fingerprint density at radius 3 is 2.92 bits per heavy atom. The highest BCUT2D eigenvalue weighted by atomic mass is 16.3. The minimum atomic E-state index is 0.00463. The Morgan fingerprint density at radius 1 is 1.69 bits per heavy atom. The molecule has 0 bridgehead atoms. The number of fused-ring (bicyclic) bond motifs is 1. The van der Waals surface area contributed by atoms with Gasteiger partial charge in [-0.25, -0.2) is 4.98 Å². The summed E-state index contributed by atoms with van der Waals surface area (Å²) in [5.74, 6) is 1.43. The predicted octanol–water partition coefficient (Wildman–Crippen LogP) is 1.89. The molecule has 13 heavy (non-hydrogen) atoms. The minimum absolute atomic E-state index is 0.00463. The molecule has 1 aromatic heterocycles. The van der Waals surface area contributed by atoms with Crippen LogP contribution in [0.1, 0.15) is 38.3 Å². The monoisotopic (exact) mass is 180 g/mol. The summed E-state index contributed by atoms with van der Waals surface area (Å²) in [6, 6.07) is 0.00463. The average molecular weight is 180 g/mol. The molecule has 0 fully saturated rings. The van der Waals surface area contributed by atoms with Gasteiger partial charge < -0.3 is 10.2 Å². The van der Waals surface area contributed by atoms with Crippen LogP contribution < -0.4 is 5.73 Å². The second-order valence-electron chi connectivity index (χ2n) is 4.48. The van der Waals surface area contributed by atoms with Gasteiger partial charge in [0.1, 0.15) is 5.76 Å². The molecular weight excluding hydrogens is 164 g/mol. The van der Waals surface area contributed by atoms with Crippen molar-refractivity contribution in [3.63, 3.8) is 0 Å². The number of aromatic nitrogens is 1. The summed E-state index contributed by atoms with van der Waals surface area (Å²) in [7, 11) is 0. The fourth-order valence-corrected chi connectivity index (χ4v) is 2.00. The van der Waals surface area contributed by atoms with Crippen LogP contribution in [-0.4, -0.2) is 4.98 Å². The van der Waals surface area contributed by atoms with E-state index in [1.165, 1.54) is 6.39 Å². The highest BCUT2D eigenvalue weighted by Gasteiger charge is 2.45. The minimum Gasteiger partial charge on any atom is -0.447 e. The van der Waals surface area contributed by atoms with Crippen molar-refractivity contribution in [3.05, 3.63) is 17.8 Å². The van der Waals surface area contributed by atoms with Crippen LogP contribution in [0.4, 0.5) is 0 Å². The Morgan fingerprint density at radius 2 is 2.38 bits per heavy atom. The van der Waals surface area contributed by atoms with E-state index >= 15 is 0 Å². The van der Waals surface area contributed by atoms with Gasteiger partial charge in [0.25, 0.3) is 0 Å². The summed E-state index contributed by atoms with van der Waals surface area (Å²) in [5.41, 5.74) is 7.30. The SMILES string of the molecule is CC(C)C1(C)Cc2ncoc2[C@H]1N. The van der Waals surface area contributed by atoms with Gasteiger partial charge in [0, 0.05) is 6.42 Å². The van der Waals surface area contributed by atoms with Crippen LogP contribution in [0.25, 0.3) is 0 Å². The van der Waals surface area contributed by atoms with Crippen LogP contribution >= 0.6 is 0 Å². The first-order chi connectivity index (χ1) is 6.05. The molecule has 3 heteroatoms. The van der Waals surface area contributed by atoms with Gasteiger partial charge in [-0.3, -0.25) is 0 Å². The van der Waals surface area contributed by atoms with Crippen molar-refractivity contribution in [2.24, 2.45) is 17.1 Å². The van der Waals surface area contributed by atoms with E-state index in [4.69, 9.17) is 10.2 Å². The van der Waals surface area contributed by atoms with Gasteiger partial charge in [0.15, 0.2) is 6.39 Å². The van der Waals surface area contributed by atoms with Crippen molar-refractivity contribution in [1.82, 2.24) is 4.98 Å². The van der Waals surface area contributed by atoms with Gasteiger partial charge in [-0.15, -0.1) is 0 Å². The summed E-state index contributed by atoms with van der Waals surface area (Å²) >= 11 is 0. The number of oxazole rings is 1. The van der Waals surface area contributed by atoms with Gasteiger partial charge in [0.05, 0.1) is 11.7 Å². The Hall–Kier alpha value is -0.830. The number of nitrogens with two attached hydrogens (primary N) is 1. The molecule has 2 atom stereocenters. The summed E-state index contributed by atoms with van der Waals surface area (Å²) in [5, 5.41) is 0. The number of rotatable bonds is 1. The second kappa shape index (κ2) is 2.58. The zero-order chi connectivity index (χ0) is 9.64. The van der Waals surface area contributed by atoms with Crippen molar-refractivity contribution < 1.29 is 4.42 Å². The summed E-state index contributed by atoms with van der Waals surface area (Å²) in [6.07, 6.45) is 2.43. The van der Waals surface area contributed by atoms with Crippen LogP contribution in [0.5, 0.6) is 0 Å². The molecule has 1 aliphatic carbocycles. The van der Waals surface area contributed by atoms with E-state index in [9.17, 15) is 0 Å². The Bertz CT molecular complexity index is 318. The Kier molecular flexibility index (Phi) is 1.74. The molecule has 0 spiro atoms. The third-order valence-electron chi connectivity index (χ3n) is 3.53. The predicted molar refractivity (Wildman–Crippen MR) is 50.1 cm³/mol. The first-order valence-electron chi connectivity index (χ1n) is 4.73. The second-order valence-corrected chi connectivity index (χ2v) is 4.48. The third-order valence-corrected chi connectivity index (χ3v) is 3.53. The molecule has 1 unspecified atom stereocenters. The van der Waals surface area contributed by atoms with Crippen molar-refractivity contribution in [3.8, 4) is 0 Å². The largest absolute Gasteiger partial charge is 0.447 e. The van der Waals surface area contributed by atoms with E-state index in [0.29, 0.717) is 5.92 Å². The average Bonchev–Trinajstić information content (AvgIpc) is 2.57. The molecule has 0 saturated heterocycles. The molecular formula is C10H16N2O. The molecule has 0 aliphatic heterocycles. The molecule has 1 aliphatic rings. The van der Waals surface area contributed by atoms with Gasteiger partial charge >= 0.3 is 0 Å². The fourth-order valence-electron chi connectivity index (χ4n) is 2.00. The van der Waals surface area contributed by atoms with Gasteiger partial charge in [-0.1, -0.05) is 20.8 Å². The maximum absolute atomic E-state index is 6.14. The molecule has 2 N–H and O–H groups in total. The van der Waals surface area contributed by atoms with Crippen LogP contribution in [0.3, 0.4) is 0 Å². The lowest BCUT2D eigenvalue weighted by atomic mass is 9.74. The lowest BCUT2D eigenvalue weighted by Gasteiger charge is -2.32. The van der Waals surface area contributed by atoms with Crippen molar-refractivity contribution in [2.75, 3.05) is 0 Å². The first kappa shape index (κ1) is 8.75. The Balaban J connectivity index is 2.38. The summed E-state index contributed by atoms with van der Waals surface area (Å²) < 4.78 is 5.30. The first-order valence-corrected chi connectivity index (χ1v) is 4.73. The smallest absolute Gasteiger partial charge is 0.181 e. The quantitative estimate of drug-likeness (QED) is 0.718. The maximum Gasteiger partial charge on any atom is 0.181 e. The number of nitrogens with zero attached hydrogens (tertiary/aromatic N) is 1. The number of hydrogen-bond donors (Lipinski definition) is 1. The van der Waals surface area contributed by atoms with Gasteiger partial charge in [0.2, 0.25) is 0 Å². The zero-order valence-electron chi connectivity index (χ0n) is 8.37. The van der Waals surface area contributed by atoms with Crippen molar-refractivity contribution >= 4 is 0 Å². The van der Waals surface area contributed by atoms with Crippen molar-refractivity contribution in [1.29, 1.82) is 0 Å². The molecule has 0 amide bonds. The highest BCUT2D eigenvalue weighted by Crippen LogP contribution is 2.48. The molecule has 72 valence electrons. The van der Waals surface area contributed by atoms with Crippen LogP contribution in [0.15, 0.2) is 10.8 Å². The summed E-state index contributed by atoms with van der Waals surface area (Å²) in [6.45, 7) is 6.61. The van der Waals surface area contributed by atoms with E-state index in [1.807, 2.05) is 0 Å². The molecule has 2 rings (SSSR count). The molecule has 3 nitrogen and oxygen atoms in total. The van der Waals surface area contributed by atoms with Gasteiger partial charge in [-0.05, 0) is 11.3 Å².